The number of hydrogen-bond donors (Lipinski definition) is 2. The SMILES string of the molecule is CC1(C2CCN(C(=O)NC3CCS(=O)(=O)CC3)CC2)[C@H](O)c2cc(Cl)cc3cnn1c23. The van der Waals surface area contributed by atoms with Gasteiger partial charge in [0, 0.05) is 35.1 Å². The highest BCUT2D eigenvalue weighted by Crippen LogP contribution is 2.51. The molecule has 0 bridgehead atoms. The quantitative estimate of drug-likeness (QED) is 0.707. The number of urea groups is 1. The summed E-state index contributed by atoms with van der Waals surface area (Å²) < 4.78 is 25.1. The van der Waals surface area contributed by atoms with Gasteiger partial charge in [0.15, 0.2) is 0 Å². The number of carbonyl (C=O) groups is 1. The van der Waals surface area contributed by atoms with Gasteiger partial charge >= 0.3 is 6.03 Å². The molecule has 3 aliphatic rings. The van der Waals surface area contributed by atoms with E-state index in [0.717, 1.165) is 29.3 Å². The molecule has 2 fully saturated rings. The molecule has 0 saturated carbocycles. The number of hydrogen-bond acceptors (Lipinski definition) is 5. The maximum Gasteiger partial charge on any atom is 0.317 e. The molecule has 2 amide bonds. The number of benzene rings is 1. The zero-order valence-electron chi connectivity index (χ0n) is 17.4. The zero-order chi connectivity index (χ0) is 22.0. The molecule has 1 aromatic carbocycles. The molecule has 5 rings (SSSR count). The lowest BCUT2D eigenvalue weighted by molar-refractivity contribution is -0.0117. The fourth-order valence-electron chi connectivity index (χ4n) is 5.53. The van der Waals surface area contributed by atoms with Crippen LogP contribution in [-0.2, 0) is 15.4 Å². The first-order valence-corrected chi connectivity index (χ1v) is 13.0. The number of aliphatic hydroxyl groups excluding tert-OH is 1. The third-order valence-electron chi connectivity index (χ3n) is 7.45. The highest BCUT2D eigenvalue weighted by molar-refractivity contribution is 7.91. The average molecular weight is 467 g/mol. The number of aliphatic hydroxyl groups is 1. The van der Waals surface area contributed by atoms with Gasteiger partial charge in [-0.1, -0.05) is 11.6 Å². The van der Waals surface area contributed by atoms with Crippen LogP contribution in [0.4, 0.5) is 4.79 Å². The van der Waals surface area contributed by atoms with Crippen LogP contribution in [0.1, 0.15) is 44.3 Å². The van der Waals surface area contributed by atoms with Crippen molar-refractivity contribution in [3.05, 3.63) is 28.9 Å². The van der Waals surface area contributed by atoms with Crippen molar-refractivity contribution in [3.8, 4) is 0 Å². The molecule has 4 heterocycles. The Morgan fingerprint density at radius 1 is 1.23 bits per heavy atom. The topological polar surface area (TPSA) is 105 Å². The van der Waals surface area contributed by atoms with Crippen LogP contribution < -0.4 is 5.32 Å². The highest BCUT2D eigenvalue weighted by Gasteiger charge is 2.50. The van der Waals surface area contributed by atoms with Crippen molar-refractivity contribution in [2.75, 3.05) is 24.6 Å². The Balaban J connectivity index is 1.26. The van der Waals surface area contributed by atoms with E-state index in [4.69, 9.17) is 11.6 Å². The Kier molecular flexibility index (Phi) is 4.99. The molecule has 0 radical (unpaired) electrons. The van der Waals surface area contributed by atoms with Gasteiger partial charge in [-0.15, -0.1) is 0 Å². The van der Waals surface area contributed by atoms with E-state index in [1.807, 2.05) is 23.7 Å². The van der Waals surface area contributed by atoms with E-state index in [0.29, 0.717) is 31.0 Å². The summed E-state index contributed by atoms with van der Waals surface area (Å²) in [5, 5.41) is 20.3. The standard InChI is InChI=1S/C21H27ClN4O4S/c1-21(19(27)17-11-15(22)10-13-12-23-26(21)18(13)17)14-2-6-25(7-3-14)20(28)24-16-4-8-31(29,30)9-5-16/h10-12,14,16,19,27H,2-9H2,1H3,(H,24,28)/t19-,21?/m1/s1. The summed E-state index contributed by atoms with van der Waals surface area (Å²) in [6, 6.07) is 3.48. The number of sulfone groups is 1. The maximum atomic E-state index is 12.7. The second kappa shape index (κ2) is 7.35. The van der Waals surface area contributed by atoms with E-state index >= 15 is 0 Å². The lowest BCUT2D eigenvalue weighted by atomic mass is 9.75. The smallest absolute Gasteiger partial charge is 0.317 e. The minimum atomic E-state index is -2.95. The number of nitrogens with one attached hydrogen (secondary N) is 1. The number of nitrogens with zero attached hydrogens (tertiary/aromatic N) is 3. The number of likely N-dealkylation sites (tertiary alicyclic amines) is 1. The van der Waals surface area contributed by atoms with E-state index in [-0.39, 0.29) is 29.5 Å². The Hall–Kier alpha value is -1.84. The highest BCUT2D eigenvalue weighted by atomic mass is 35.5. The number of carbonyl (C=O) groups excluding carboxylic acids is 1. The van der Waals surface area contributed by atoms with Gasteiger partial charge in [-0.25, -0.2) is 13.2 Å². The molecule has 2 N–H and O–H groups in total. The number of piperidine rings is 1. The summed E-state index contributed by atoms with van der Waals surface area (Å²) in [5.74, 6) is 0.430. The Bertz CT molecular complexity index is 1130. The first kappa shape index (κ1) is 21.0. The summed E-state index contributed by atoms with van der Waals surface area (Å²) in [4.78, 5) is 14.5. The third kappa shape index (κ3) is 3.41. The van der Waals surface area contributed by atoms with Crippen LogP contribution in [0.2, 0.25) is 5.02 Å². The number of aromatic nitrogens is 2. The second-order valence-corrected chi connectivity index (χ2v) is 12.0. The molecule has 1 aromatic heterocycles. The van der Waals surface area contributed by atoms with Gasteiger partial charge in [-0.2, -0.15) is 5.10 Å². The minimum absolute atomic E-state index is 0.0838. The molecule has 31 heavy (non-hydrogen) atoms. The predicted molar refractivity (Wildman–Crippen MR) is 118 cm³/mol. The van der Waals surface area contributed by atoms with Gasteiger partial charge < -0.3 is 15.3 Å². The molecule has 2 atom stereocenters. The number of amides is 2. The van der Waals surface area contributed by atoms with E-state index < -0.39 is 21.5 Å². The molecule has 1 unspecified atom stereocenters. The van der Waals surface area contributed by atoms with Gasteiger partial charge in [0.1, 0.15) is 15.9 Å². The molecule has 3 aliphatic heterocycles. The number of halogens is 1. The fraction of sp³-hybridized carbons (Fsp3) is 0.619. The van der Waals surface area contributed by atoms with E-state index in [1.54, 1.807) is 11.1 Å². The molecular formula is C21H27ClN4O4S. The second-order valence-electron chi connectivity index (χ2n) is 9.25. The molecule has 168 valence electrons. The first-order valence-electron chi connectivity index (χ1n) is 10.8. The van der Waals surface area contributed by atoms with E-state index in [9.17, 15) is 18.3 Å². The van der Waals surface area contributed by atoms with Crippen molar-refractivity contribution < 1.29 is 18.3 Å². The monoisotopic (exact) mass is 466 g/mol. The molecule has 10 heteroatoms. The van der Waals surface area contributed by atoms with Crippen LogP contribution >= 0.6 is 11.6 Å². The van der Waals surface area contributed by atoms with Gasteiger partial charge in [0.25, 0.3) is 0 Å². The van der Waals surface area contributed by atoms with E-state index in [1.165, 1.54) is 0 Å². The zero-order valence-corrected chi connectivity index (χ0v) is 19.0. The lowest BCUT2D eigenvalue weighted by Gasteiger charge is -2.43. The molecule has 2 saturated heterocycles. The predicted octanol–water partition coefficient (Wildman–Crippen LogP) is 2.45. The van der Waals surface area contributed by atoms with Crippen LogP contribution in [0.25, 0.3) is 10.9 Å². The Morgan fingerprint density at radius 3 is 2.58 bits per heavy atom. The summed E-state index contributed by atoms with van der Waals surface area (Å²) in [5.41, 5.74) is 1.16. The molecule has 2 aromatic rings. The summed E-state index contributed by atoms with van der Waals surface area (Å²) in [6.45, 7) is 3.22. The van der Waals surface area contributed by atoms with Crippen LogP contribution in [-0.4, -0.2) is 64.9 Å². The molecule has 8 nitrogen and oxygen atoms in total. The summed E-state index contributed by atoms with van der Waals surface area (Å²) in [7, 11) is -2.95. The Labute approximate surface area is 186 Å². The fourth-order valence-corrected chi connectivity index (χ4v) is 7.26. The van der Waals surface area contributed by atoms with Crippen LogP contribution in [0, 0.1) is 5.92 Å². The van der Waals surface area contributed by atoms with Crippen molar-refractivity contribution in [2.24, 2.45) is 5.92 Å². The van der Waals surface area contributed by atoms with Crippen molar-refractivity contribution in [3.63, 3.8) is 0 Å². The largest absolute Gasteiger partial charge is 0.386 e. The summed E-state index contributed by atoms with van der Waals surface area (Å²) >= 11 is 6.24. The Morgan fingerprint density at radius 2 is 1.90 bits per heavy atom. The normalized spacial score (nSPS) is 28.9. The lowest BCUT2D eigenvalue weighted by Crippen LogP contribution is -2.52. The van der Waals surface area contributed by atoms with Gasteiger partial charge in [0.05, 0.1) is 28.8 Å². The maximum absolute atomic E-state index is 12.7. The molecule has 0 aliphatic carbocycles. The average Bonchev–Trinajstić information content (AvgIpc) is 3.26. The van der Waals surface area contributed by atoms with Crippen LogP contribution in [0.5, 0.6) is 0 Å². The van der Waals surface area contributed by atoms with E-state index in [2.05, 4.69) is 10.4 Å². The van der Waals surface area contributed by atoms with Crippen LogP contribution in [0.15, 0.2) is 18.3 Å². The summed E-state index contributed by atoms with van der Waals surface area (Å²) in [6.07, 6.45) is 3.55. The first-order chi connectivity index (χ1) is 14.7. The van der Waals surface area contributed by atoms with Gasteiger partial charge in [-0.3, -0.25) is 4.68 Å². The molecule has 0 spiro atoms. The van der Waals surface area contributed by atoms with Gasteiger partial charge in [0.2, 0.25) is 0 Å². The van der Waals surface area contributed by atoms with Crippen molar-refractivity contribution in [2.45, 2.75) is 50.3 Å². The third-order valence-corrected chi connectivity index (χ3v) is 9.39. The van der Waals surface area contributed by atoms with Crippen molar-refractivity contribution in [1.82, 2.24) is 20.0 Å². The van der Waals surface area contributed by atoms with Crippen molar-refractivity contribution >= 4 is 38.4 Å². The number of rotatable bonds is 2. The molecular weight excluding hydrogens is 440 g/mol. The van der Waals surface area contributed by atoms with Gasteiger partial charge in [-0.05, 0) is 50.7 Å². The van der Waals surface area contributed by atoms with Crippen molar-refractivity contribution in [1.29, 1.82) is 0 Å². The minimum Gasteiger partial charge on any atom is -0.386 e. The van der Waals surface area contributed by atoms with Crippen LogP contribution in [0.3, 0.4) is 0 Å².